The first-order valence-electron chi connectivity index (χ1n) is 11.5. The van der Waals surface area contributed by atoms with Crippen LogP contribution in [0.1, 0.15) is 6.42 Å². The molecule has 2 amide bonds. The number of carbonyl (C=O) groups is 2. The first kappa shape index (κ1) is 24.0. The SMILES string of the molecule is CN(C)C(=O)Cn1nc2ccc(N3CC[C@@H](Oc4ccc(Oc5ccc(F)cc5)nc4)C3=O)cn2c1=O. The van der Waals surface area contributed by atoms with E-state index in [2.05, 4.69) is 10.1 Å². The lowest BCUT2D eigenvalue weighted by Crippen LogP contribution is -2.33. The zero-order chi connectivity index (χ0) is 26.1. The van der Waals surface area contributed by atoms with Gasteiger partial charge in [0.1, 0.15) is 23.9 Å². The van der Waals surface area contributed by atoms with Crippen molar-refractivity contribution in [3.63, 3.8) is 0 Å². The molecule has 0 bridgehead atoms. The van der Waals surface area contributed by atoms with Crippen molar-refractivity contribution in [1.82, 2.24) is 24.1 Å². The molecule has 1 aliphatic rings. The second-order valence-corrected chi connectivity index (χ2v) is 8.62. The quantitative estimate of drug-likeness (QED) is 0.377. The van der Waals surface area contributed by atoms with Crippen LogP contribution in [0.5, 0.6) is 17.4 Å². The number of likely N-dealkylation sites (N-methyl/N-ethyl adjacent to an activating group) is 1. The third kappa shape index (κ3) is 4.99. The number of hydrogen-bond donors (Lipinski definition) is 0. The number of anilines is 1. The van der Waals surface area contributed by atoms with Gasteiger partial charge in [-0.1, -0.05) is 0 Å². The van der Waals surface area contributed by atoms with Crippen molar-refractivity contribution >= 4 is 23.1 Å². The normalized spacial score (nSPS) is 15.3. The van der Waals surface area contributed by atoms with E-state index in [0.717, 1.165) is 4.68 Å². The number of carbonyl (C=O) groups excluding carboxylic acids is 2. The molecule has 1 fully saturated rings. The zero-order valence-corrected chi connectivity index (χ0v) is 20.1. The minimum Gasteiger partial charge on any atom is -0.479 e. The molecule has 1 atom stereocenters. The van der Waals surface area contributed by atoms with Gasteiger partial charge in [-0.3, -0.25) is 9.59 Å². The molecule has 3 aromatic heterocycles. The number of ether oxygens (including phenoxy) is 2. The second-order valence-electron chi connectivity index (χ2n) is 8.62. The standard InChI is InChI=1S/C25H23FN6O5/c1-29(2)23(33)15-32-25(35)31-14-17(5-9-21(31)28-32)30-12-11-20(24(30)34)36-19-8-10-22(27-13-19)37-18-6-3-16(26)4-7-18/h3-10,13-14,20H,11-12,15H2,1-2H3/t20-/m1/s1. The van der Waals surface area contributed by atoms with E-state index in [1.807, 2.05) is 0 Å². The zero-order valence-electron chi connectivity index (χ0n) is 20.1. The highest BCUT2D eigenvalue weighted by Gasteiger charge is 2.34. The highest BCUT2D eigenvalue weighted by atomic mass is 19.1. The third-order valence-electron chi connectivity index (χ3n) is 5.84. The number of aromatic nitrogens is 4. The van der Waals surface area contributed by atoms with Crippen LogP contribution < -0.4 is 20.1 Å². The van der Waals surface area contributed by atoms with Crippen molar-refractivity contribution in [2.24, 2.45) is 0 Å². The van der Waals surface area contributed by atoms with Gasteiger partial charge < -0.3 is 19.3 Å². The molecule has 0 unspecified atom stereocenters. The number of rotatable bonds is 7. The van der Waals surface area contributed by atoms with Crippen molar-refractivity contribution in [2.45, 2.75) is 19.1 Å². The van der Waals surface area contributed by atoms with E-state index in [0.29, 0.717) is 41.7 Å². The summed E-state index contributed by atoms with van der Waals surface area (Å²) in [6.07, 6.45) is 2.70. The van der Waals surface area contributed by atoms with Crippen LogP contribution in [0.25, 0.3) is 5.65 Å². The van der Waals surface area contributed by atoms with Gasteiger partial charge in [0.25, 0.3) is 5.91 Å². The van der Waals surface area contributed by atoms with Crippen molar-refractivity contribution < 1.29 is 23.5 Å². The fourth-order valence-electron chi connectivity index (χ4n) is 3.84. The molecular formula is C25H23FN6O5. The molecule has 0 spiro atoms. The van der Waals surface area contributed by atoms with E-state index in [1.54, 1.807) is 38.4 Å². The van der Waals surface area contributed by atoms with Crippen molar-refractivity contribution in [1.29, 1.82) is 0 Å². The summed E-state index contributed by atoms with van der Waals surface area (Å²) in [6, 6.07) is 12.1. The number of halogens is 1. The van der Waals surface area contributed by atoms with Gasteiger partial charge in [-0.2, -0.15) is 0 Å². The van der Waals surface area contributed by atoms with Gasteiger partial charge in [0.15, 0.2) is 11.8 Å². The molecule has 190 valence electrons. The fourth-order valence-corrected chi connectivity index (χ4v) is 3.84. The summed E-state index contributed by atoms with van der Waals surface area (Å²) < 4.78 is 26.9. The van der Waals surface area contributed by atoms with Crippen LogP contribution in [0.4, 0.5) is 10.1 Å². The van der Waals surface area contributed by atoms with Gasteiger partial charge in [0, 0.05) is 39.3 Å². The van der Waals surface area contributed by atoms with Gasteiger partial charge >= 0.3 is 5.69 Å². The van der Waals surface area contributed by atoms with E-state index in [4.69, 9.17) is 9.47 Å². The molecule has 4 aromatic rings. The topological polar surface area (TPSA) is 111 Å². The maximum absolute atomic E-state index is 13.1. The Hall–Kier alpha value is -4.74. The molecule has 5 rings (SSSR count). The smallest absolute Gasteiger partial charge is 0.350 e. The summed E-state index contributed by atoms with van der Waals surface area (Å²) in [5.41, 5.74) is 0.416. The maximum atomic E-state index is 13.1. The van der Waals surface area contributed by atoms with E-state index >= 15 is 0 Å². The van der Waals surface area contributed by atoms with Crippen LogP contribution in [-0.4, -0.2) is 62.6 Å². The Balaban J connectivity index is 1.26. The summed E-state index contributed by atoms with van der Waals surface area (Å²) in [4.78, 5) is 44.9. The molecule has 1 aromatic carbocycles. The van der Waals surface area contributed by atoms with E-state index in [-0.39, 0.29) is 24.2 Å². The molecule has 4 heterocycles. The fraction of sp³-hybridized carbons (Fsp3) is 0.240. The predicted octanol–water partition coefficient (Wildman–Crippen LogP) is 2.09. The van der Waals surface area contributed by atoms with Crippen molar-refractivity contribution in [3.8, 4) is 17.4 Å². The molecule has 11 nitrogen and oxygen atoms in total. The average molecular weight is 506 g/mol. The Morgan fingerprint density at radius 2 is 1.84 bits per heavy atom. The average Bonchev–Trinajstić information content (AvgIpc) is 3.40. The highest BCUT2D eigenvalue weighted by Crippen LogP contribution is 2.26. The Morgan fingerprint density at radius 1 is 1.08 bits per heavy atom. The first-order chi connectivity index (χ1) is 17.8. The van der Waals surface area contributed by atoms with E-state index < -0.39 is 11.8 Å². The molecule has 37 heavy (non-hydrogen) atoms. The van der Waals surface area contributed by atoms with Gasteiger partial charge in [0.05, 0.1) is 11.9 Å². The monoisotopic (exact) mass is 506 g/mol. The van der Waals surface area contributed by atoms with Crippen molar-refractivity contribution in [2.75, 3.05) is 25.5 Å². The highest BCUT2D eigenvalue weighted by molar-refractivity contribution is 5.99. The van der Waals surface area contributed by atoms with Crippen LogP contribution in [0.15, 0.2) is 65.7 Å². The number of fused-ring (bicyclic) bond motifs is 1. The molecule has 1 aliphatic heterocycles. The van der Waals surface area contributed by atoms with Crippen LogP contribution in [0, 0.1) is 5.82 Å². The Bertz CT molecular complexity index is 1510. The van der Waals surface area contributed by atoms with Gasteiger partial charge in [0.2, 0.25) is 11.8 Å². The number of hydrogen-bond acceptors (Lipinski definition) is 7. The molecule has 1 saturated heterocycles. The lowest BCUT2D eigenvalue weighted by atomic mass is 10.3. The number of nitrogens with zero attached hydrogens (tertiary/aromatic N) is 6. The molecule has 0 N–H and O–H groups in total. The lowest BCUT2D eigenvalue weighted by Gasteiger charge is -2.17. The Kier molecular flexibility index (Phi) is 6.30. The summed E-state index contributed by atoms with van der Waals surface area (Å²) in [5, 5.41) is 4.19. The minimum atomic E-state index is -0.724. The number of amides is 2. The van der Waals surface area contributed by atoms with Gasteiger partial charge in [-0.05, 0) is 42.5 Å². The molecular weight excluding hydrogens is 483 g/mol. The molecule has 0 radical (unpaired) electrons. The molecule has 0 saturated carbocycles. The van der Waals surface area contributed by atoms with Crippen LogP contribution in [-0.2, 0) is 16.1 Å². The first-order valence-corrected chi connectivity index (χ1v) is 11.5. The van der Waals surface area contributed by atoms with Crippen molar-refractivity contribution in [3.05, 3.63) is 77.2 Å². The molecule has 0 aliphatic carbocycles. The number of benzene rings is 1. The van der Waals surface area contributed by atoms with E-state index in [1.165, 1.54) is 50.9 Å². The Labute approximate surface area is 210 Å². The largest absolute Gasteiger partial charge is 0.479 e. The van der Waals surface area contributed by atoms with Crippen LogP contribution >= 0.6 is 0 Å². The second kappa shape index (κ2) is 9.72. The summed E-state index contributed by atoms with van der Waals surface area (Å²) in [7, 11) is 3.20. The summed E-state index contributed by atoms with van der Waals surface area (Å²) >= 11 is 0. The van der Waals surface area contributed by atoms with Crippen LogP contribution in [0.3, 0.4) is 0 Å². The maximum Gasteiger partial charge on any atom is 0.350 e. The molecule has 12 heteroatoms. The van der Waals surface area contributed by atoms with Gasteiger partial charge in [-0.25, -0.2) is 23.3 Å². The number of pyridine rings is 2. The summed E-state index contributed by atoms with van der Waals surface area (Å²) in [6.45, 7) is 0.222. The third-order valence-corrected chi connectivity index (χ3v) is 5.84. The van der Waals surface area contributed by atoms with Crippen LogP contribution in [0.2, 0.25) is 0 Å². The van der Waals surface area contributed by atoms with E-state index in [9.17, 15) is 18.8 Å². The summed E-state index contributed by atoms with van der Waals surface area (Å²) in [5.74, 6) is 0.252. The minimum absolute atomic E-state index is 0.177. The lowest BCUT2D eigenvalue weighted by molar-refractivity contribution is -0.129. The van der Waals surface area contributed by atoms with Gasteiger partial charge in [-0.15, -0.1) is 5.10 Å². The predicted molar refractivity (Wildman–Crippen MR) is 130 cm³/mol. The Morgan fingerprint density at radius 3 is 2.54 bits per heavy atom.